The summed E-state index contributed by atoms with van der Waals surface area (Å²) in [7, 11) is 0. The molecule has 0 atom stereocenters. The summed E-state index contributed by atoms with van der Waals surface area (Å²) in [5.41, 5.74) is 3.93. The van der Waals surface area contributed by atoms with Crippen LogP contribution >= 0.6 is 0 Å². The Kier molecular flexibility index (Phi) is 3.83. The predicted octanol–water partition coefficient (Wildman–Crippen LogP) is 3.14. The van der Waals surface area contributed by atoms with Crippen LogP contribution in [0.3, 0.4) is 0 Å². The summed E-state index contributed by atoms with van der Waals surface area (Å²) in [6.07, 6.45) is 2.38. The van der Waals surface area contributed by atoms with Crippen molar-refractivity contribution in [2.75, 3.05) is 25.1 Å². The minimum atomic E-state index is 0.772. The van der Waals surface area contributed by atoms with Crippen LogP contribution in [0.15, 0.2) is 18.2 Å². The average Bonchev–Trinajstić information content (AvgIpc) is 2.32. The number of ether oxygens (including phenoxy) is 1. The molecule has 1 aliphatic rings. The van der Waals surface area contributed by atoms with E-state index in [4.69, 9.17) is 4.74 Å². The van der Waals surface area contributed by atoms with Gasteiger partial charge >= 0.3 is 0 Å². The first-order chi connectivity index (χ1) is 7.75. The summed E-state index contributed by atoms with van der Waals surface area (Å²) in [4.78, 5) is 0. The zero-order chi connectivity index (χ0) is 11.4. The highest BCUT2D eigenvalue weighted by atomic mass is 16.5. The second kappa shape index (κ2) is 5.35. The van der Waals surface area contributed by atoms with Gasteiger partial charge in [0, 0.05) is 25.4 Å². The van der Waals surface area contributed by atoms with E-state index in [2.05, 4.69) is 37.4 Å². The number of anilines is 1. The largest absolute Gasteiger partial charge is 0.385 e. The topological polar surface area (TPSA) is 21.3 Å². The predicted molar refractivity (Wildman–Crippen MR) is 67.9 cm³/mol. The van der Waals surface area contributed by atoms with Crippen LogP contribution in [0.2, 0.25) is 0 Å². The molecule has 0 unspecified atom stereocenters. The van der Waals surface area contributed by atoms with Crippen molar-refractivity contribution in [3.8, 4) is 0 Å². The summed E-state index contributed by atoms with van der Waals surface area (Å²) < 4.78 is 5.37. The first-order valence-electron chi connectivity index (χ1n) is 6.14. The van der Waals surface area contributed by atoms with Crippen LogP contribution in [0, 0.1) is 19.8 Å². The average molecular weight is 219 g/mol. The molecule has 0 saturated carbocycles. The van der Waals surface area contributed by atoms with E-state index in [9.17, 15) is 0 Å². The molecule has 16 heavy (non-hydrogen) atoms. The molecule has 1 aromatic carbocycles. The molecule has 88 valence electrons. The van der Waals surface area contributed by atoms with E-state index >= 15 is 0 Å². The van der Waals surface area contributed by atoms with E-state index < -0.39 is 0 Å². The Hall–Kier alpha value is -1.02. The maximum atomic E-state index is 5.37. The summed E-state index contributed by atoms with van der Waals surface area (Å²) in [5.74, 6) is 0.772. The molecule has 2 heteroatoms. The fourth-order valence-electron chi connectivity index (χ4n) is 2.13. The Bertz CT molecular complexity index is 343. The standard InChI is InChI=1S/C14H21NO/c1-11-3-4-12(2)14(9-11)15-10-13-5-7-16-8-6-13/h3-4,9,13,15H,5-8,10H2,1-2H3. The van der Waals surface area contributed by atoms with Crippen LogP contribution in [0.4, 0.5) is 5.69 Å². The van der Waals surface area contributed by atoms with Gasteiger partial charge in [0.25, 0.3) is 0 Å². The molecule has 0 radical (unpaired) electrons. The highest BCUT2D eigenvalue weighted by Gasteiger charge is 2.13. The summed E-state index contributed by atoms with van der Waals surface area (Å²) >= 11 is 0. The van der Waals surface area contributed by atoms with E-state index in [1.54, 1.807) is 0 Å². The van der Waals surface area contributed by atoms with Gasteiger partial charge in [-0.3, -0.25) is 0 Å². The Morgan fingerprint density at radius 2 is 2.00 bits per heavy atom. The lowest BCUT2D eigenvalue weighted by Crippen LogP contribution is -2.22. The molecule has 2 rings (SSSR count). The van der Waals surface area contributed by atoms with Gasteiger partial charge in [0.05, 0.1) is 0 Å². The first-order valence-corrected chi connectivity index (χ1v) is 6.14. The van der Waals surface area contributed by atoms with Gasteiger partial charge in [-0.1, -0.05) is 12.1 Å². The Morgan fingerprint density at radius 1 is 1.25 bits per heavy atom. The van der Waals surface area contributed by atoms with Crippen LogP contribution in [-0.4, -0.2) is 19.8 Å². The van der Waals surface area contributed by atoms with E-state index in [0.29, 0.717) is 0 Å². The van der Waals surface area contributed by atoms with Gasteiger partial charge in [0.2, 0.25) is 0 Å². The van der Waals surface area contributed by atoms with Crippen LogP contribution in [0.1, 0.15) is 24.0 Å². The van der Waals surface area contributed by atoms with Gasteiger partial charge < -0.3 is 10.1 Å². The second-order valence-corrected chi connectivity index (χ2v) is 4.76. The molecule has 1 aromatic rings. The van der Waals surface area contributed by atoms with Crippen molar-refractivity contribution >= 4 is 5.69 Å². The van der Waals surface area contributed by atoms with Crippen molar-refractivity contribution in [1.82, 2.24) is 0 Å². The summed E-state index contributed by atoms with van der Waals surface area (Å²) in [6, 6.07) is 6.57. The molecular weight excluding hydrogens is 198 g/mol. The fraction of sp³-hybridized carbons (Fsp3) is 0.571. The molecule has 1 saturated heterocycles. The highest BCUT2D eigenvalue weighted by molar-refractivity contribution is 5.52. The van der Waals surface area contributed by atoms with Crippen molar-refractivity contribution in [2.45, 2.75) is 26.7 Å². The van der Waals surface area contributed by atoms with Crippen molar-refractivity contribution in [3.05, 3.63) is 29.3 Å². The van der Waals surface area contributed by atoms with Crippen LogP contribution in [0.5, 0.6) is 0 Å². The third kappa shape index (κ3) is 2.99. The normalized spacial score (nSPS) is 17.4. The molecular formula is C14H21NO. The van der Waals surface area contributed by atoms with Crippen molar-refractivity contribution in [1.29, 1.82) is 0 Å². The van der Waals surface area contributed by atoms with Crippen LogP contribution in [0.25, 0.3) is 0 Å². The third-order valence-corrected chi connectivity index (χ3v) is 3.32. The third-order valence-electron chi connectivity index (χ3n) is 3.32. The molecule has 1 aliphatic heterocycles. The maximum Gasteiger partial charge on any atom is 0.0469 e. The van der Waals surface area contributed by atoms with Crippen LogP contribution in [-0.2, 0) is 4.74 Å². The summed E-state index contributed by atoms with van der Waals surface area (Å²) in [6.45, 7) is 7.23. The monoisotopic (exact) mass is 219 g/mol. The molecule has 0 bridgehead atoms. The molecule has 0 spiro atoms. The van der Waals surface area contributed by atoms with Crippen LogP contribution < -0.4 is 5.32 Å². The second-order valence-electron chi connectivity index (χ2n) is 4.76. The minimum Gasteiger partial charge on any atom is -0.385 e. The van der Waals surface area contributed by atoms with E-state index in [1.807, 2.05) is 0 Å². The Balaban J connectivity index is 1.90. The zero-order valence-corrected chi connectivity index (χ0v) is 10.3. The maximum absolute atomic E-state index is 5.37. The van der Waals surface area contributed by atoms with Crippen molar-refractivity contribution in [2.24, 2.45) is 5.92 Å². The molecule has 0 aliphatic carbocycles. The lowest BCUT2D eigenvalue weighted by atomic mass is 10.00. The molecule has 1 fully saturated rings. The Morgan fingerprint density at radius 3 is 2.75 bits per heavy atom. The molecule has 0 amide bonds. The zero-order valence-electron chi connectivity index (χ0n) is 10.3. The van der Waals surface area contributed by atoms with Gasteiger partial charge in [0.15, 0.2) is 0 Å². The quantitative estimate of drug-likeness (QED) is 0.843. The van der Waals surface area contributed by atoms with Gasteiger partial charge in [-0.25, -0.2) is 0 Å². The van der Waals surface area contributed by atoms with Gasteiger partial charge in [-0.15, -0.1) is 0 Å². The van der Waals surface area contributed by atoms with Gasteiger partial charge in [-0.05, 0) is 49.8 Å². The molecule has 0 aromatic heterocycles. The number of aryl methyl sites for hydroxylation is 2. The molecule has 1 N–H and O–H groups in total. The van der Waals surface area contributed by atoms with E-state index in [1.165, 1.54) is 29.7 Å². The van der Waals surface area contributed by atoms with Crippen molar-refractivity contribution < 1.29 is 4.74 Å². The highest BCUT2D eigenvalue weighted by Crippen LogP contribution is 2.19. The summed E-state index contributed by atoms with van der Waals surface area (Å²) in [5, 5.41) is 3.57. The smallest absolute Gasteiger partial charge is 0.0469 e. The minimum absolute atomic E-state index is 0.772. The Labute approximate surface area is 98.0 Å². The SMILES string of the molecule is Cc1ccc(C)c(NCC2CCOCC2)c1. The molecule has 1 heterocycles. The number of nitrogens with one attached hydrogen (secondary N) is 1. The first kappa shape index (κ1) is 11.5. The lowest BCUT2D eigenvalue weighted by Gasteiger charge is -2.23. The number of benzene rings is 1. The van der Waals surface area contributed by atoms with E-state index in [-0.39, 0.29) is 0 Å². The fourth-order valence-corrected chi connectivity index (χ4v) is 2.13. The number of hydrogen-bond donors (Lipinski definition) is 1. The molecule has 2 nitrogen and oxygen atoms in total. The lowest BCUT2D eigenvalue weighted by molar-refractivity contribution is 0.0699. The van der Waals surface area contributed by atoms with Gasteiger partial charge in [-0.2, -0.15) is 0 Å². The number of rotatable bonds is 3. The van der Waals surface area contributed by atoms with Crippen molar-refractivity contribution in [3.63, 3.8) is 0 Å². The van der Waals surface area contributed by atoms with E-state index in [0.717, 1.165) is 25.7 Å². The number of hydrogen-bond acceptors (Lipinski definition) is 2. The van der Waals surface area contributed by atoms with Gasteiger partial charge in [0.1, 0.15) is 0 Å².